The lowest BCUT2D eigenvalue weighted by molar-refractivity contribution is 0.0528. The minimum absolute atomic E-state index is 0.00836. The number of fused-ring (bicyclic) bond motifs is 1. The Bertz CT molecular complexity index is 1020. The first-order chi connectivity index (χ1) is 14.1. The Balaban J connectivity index is 1.94. The molecule has 29 heavy (non-hydrogen) atoms. The lowest BCUT2D eigenvalue weighted by atomic mass is 9.99. The van der Waals surface area contributed by atoms with Gasteiger partial charge in [-0.1, -0.05) is 36.8 Å². The van der Waals surface area contributed by atoms with Crippen LogP contribution in [0.4, 0.5) is 5.69 Å². The summed E-state index contributed by atoms with van der Waals surface area (Å²) in [6, 6.07) is 11.0. The summed E-state index contributed by atoms with van der Waals surface area (Å²) in [5.74, 6) is -0.0212. The molecule has 0 amide bonds. The number of hydrogen-bond acceptors (Lipinski definition) is 6. The number of anilines is 1. The first kappa shape index (κ1) is 19.3. The van der Waals surface area contributed by atoms with E-state index in [2.05, 4.69) is 4.90 Å². The largest absolute Gasteiger partial charge is 0.505 e. The van der Waals surface area contributed by atoms with Gasteiger partial charge in [0.25, 0.3) is 0 Å². The average Bonchev–Trinajstić information content (AvgIpc) is 3.12. The van der Waals surface area contributed by atoms with Crippen LogP contribution < -0.4 is 5.73 Å². The molecule has 0 spiro atoms. The highest BCUT2D eigenvalue weighted by atomic mass is 16.5. The molecule has 2 aromatic carbocycles. The third kappa shape index (κ3) is 3.68. The Morgan fingerprint density at radius 2 is 1.93 bits per heavy atom. The van der Waals surface area contributed by atoms with Crippen LogP contribution in [0.15, 0.2) is 40.8 Å². The van der Waals surface area contributed by atoms with Crippen LogP contribution in [0.2, 0.25) is 0 Å². The van der Waals surface area contributed by atoms with Crippen LogP contribution in [-0.2, 0) is 11.3 Å². The number of hydrogen-bond donors (Lipinski definition) is 2. The normalized spacial score (nSPS) is 14.9. The Labute approximate surface area is 169 Å². The lowest BCUT2D eigenvalue weighted by Crippen LogP contribution is -2.29. The van der Waals surface area contributed by atoms with Gasteiger partial charge in [0.2, 0.25) is 0 Å². The van der Waals surface area contributed by atoms with E-state index < -0.39 is 5.97 Å². The van der Waals surface area contributed by atoms with Crippen LogP contribution in [-0.4, -0.2) is 35.7 Å². The zero-order chi connectivity index (χ0) is 20.4. The van der Waals surface area contributed by atoms with Crippen molar-refractivity contribution in [3.8, 4) is 17.1 Å². The topological polar surface area (TPSA) is 88.9 Å². The average molecular weight is 394 g/mol. The number of benzene rings is 2. The Morgan fingerprint density at radius 3 is 2.62 bits per heavy atom. The Morgan fingerprint density at radius 1 is 1.21 bits per heavy atom. The number of phenols is 1. The predicted octanol–water partition coefficient (Wildman–Crippen LogP) is 4.55. The summed E-state index contributed by atoms with van der Waals surface area (Å²) in [7, 11) is 0. The molecule has 1 fully saturated rings. The molecule has 3 aromatic rings. The maximum Gasteiger partial charge on any atom is 0.342 e. The van der Waals surface area contributed by atoms with Crippen molar-refractivity contribution in [2.45, 2.75) is 32.7 Å². The molecule has 1 aliphatic rings. The van der Waals surface area contributed by atoms with Crippen molar-refractivity contribution in [3.05, 3.63) is 47.5 Å². The molecule has 2 heterocycles. The van der Waals surface area contributed by atoms with Crippen molar-refractivity contribution in [1.29, 1.82) is 0 Å². The highest BCUT2D eigenvalue weighted by Gasteiger charge is 2.28. The standard InChI is InChI=1S/C23H26N2O4/c1-2-28-23(27)20-19-16(14-25-11-7-4-8-12-25)21(26)17(24)13-18(19)29-22(20)15-9-5-3-6-10-15/h3,5-6,9-10,13,26H,2,4,7-8,11-12,14,24H2,1H3. The van der Waals surface area contributed by atoms with Gasteiger partial charge in [-0.2, -0.15) is 0 Å². The summed E-state index contributed by atoms with van der Waals surface area (Å²) in [5, 5.41) is 11.4. The van der Waals surface area contributed by atoms with Crippen molar-refractivity contribution in [2.24, 2.45) is 0 Å². The number of carbonyl (C=O) groups is 1. The molecule has 0 aliphatic carbocycles. The fraction of sp³-hybridized carbons (Fsp3) is 0.348. The van der Waals surface area contributed by atoms with Crippen LogP contribution in [0.1, 0.15) is 42.1 Å². The van der Waals surface area contributed by atoms with E-state index in [4.69, 9.17) is 14.9 Å². The van der Waals surface area contributed by atoms with Crippen molar-refractivity contribution in [3.63, 3.8) is 0 Å². The van der Waals surface area contributed by atoms with Gasteiger partial charge in [-0.25, -0.2) is 4.79 Å². The van der Waals surface area contributed by atoms with Gasteiger partial charge in [0.05, 0.1) is 12.3 Å². The molecule has 0 radical (unpaired) electrons. The van der Waals surface area contributed by atoms with E-state index in [1.807, 2.05) is 30.3 Å². The number of phenolic OH excluding ortho intramolecular Hbond substituents is 1. The minimum Gasteiger partial charge on any atom is -0.505 e. The first-order valence-electron chi connectivity index (χ1n) is 10.1. The molecular formula is C23H26N2O4. The molecule has 1 aromatic heterocycles. The number of rotatable bonds is 5. The molecule has 6 nitrogen and oxygen atoms in total. The summed E-state index contributed by atoms with van der Waals surface area (Å²) < 4.78 is 11.5. The van der Waals surface area contributed by atoms with Crippen LogP contribution >= 0.6 is 0 Å². The van der Waals surface area contributed by atoms with Crippen LogP contribution in [0.5, 0.6) is 5.75 Å². The van der Waals surface area contributed by atoms with Gasteiger partial charge in [-0.05, 0) is 32.9 Å². The number of carbonyl (C=O) groups excluding carboxylic acids is 1. The Kier molecular flexibility index (Phi) is 5.45. The summed E-state index contributed by atoms with van der Waals surface area (Å²) in [5.41, 5.74) is 8.54. The number of nitrogens with two attached hydrogens (primary N) is 1. The number of likely N-dealkylation sites (tertiary alicyclic amines) is 1. The number of aromatic hydroxyl groups is 1. The molecule has 1 aliphatic heterocycles. The first-order valence-corrected chi connectivity index (χ1v) is 10.1. The van der Waals surface area contributed by atoms with E-state index in [1.165, 1.54) is 6.42 Å². The summed E-state index contributed by atoms with van der Waals surface area (Å²) in [4.78, 5) is 15.2. The second kappa shape index (κ2) is 8.17. The second-order valence-electron chi connectivity index (χ2n) is 7.40. The highest BCUT2D eigenvalue weighted by molar-refractivity contribution is 6.11. The smallest absolute Gasteiger partial charge is 0.342 e. The van der Waals surface area contributed by atoms with Crippen LogP contribution in [0, 0.1) is 0 Å². The van der Waals surface area contributed by atoms with Gasteiger partial charge in [0.15, 0.2) is 0 Å². The number of nitrogens with zero attached hydrogens (tertiary/aromatic N) is 1. The van der Waals surface area contributed by atoms with E-state index in [1.54, 1.807) is 13.0 Å². The van der Waals surface area contributed by atoms with E-state index in [0.717, 1.165) is 31.5 Å². The minimum atomic E-state index is -0.464. The highest BCUT2D eigenvalue weighted by Crippen LogP contribution is 2.42. The third-order valence-corrected chi connectivity index (χ3v) is 5.43. The fourth-order valence-corrected chi connectivity index (χ4v) is 4.04. The summed E-state index contributed by atoms with van der Waals surface area (Å²) >= 11 is 0. The van der Waals surface area contributed by atoms with E-state index >= 15 is 0 Å². The predicted molar refractivity (Wildman–Crippen MR) is 113 cm³/mol. The van der Waals surface area contributed by atoms with Crippen molar-refractivity contribution < 1.29 is 19.1 Å². The number of nitrogen functional groups attached to an aromatic ring is 1. The van der Waals surface area contributed by atoms with Gasteiger partial charge in [-0.3, -0.25) is 4.90 Å². The number of ether oxygens (including phenoxy) is 1. The maximum atomic E-state index is 12.9. The zero-order valence-electron chi connectivity index (χ0n) is 16.6. The molecule has 1 saturated heterocycles. The van der Waals surface area contributed by atoms with Crippen molar-refractivity contribution in [1.82, 2.24) is 4.90 Å². The van der Waals surface area contributed by atoms with E-state index in [9.17, 15) is 9.90 Å². The molecule has 152 valence electrons. The second-order valence-corrected chi connectivity index (χ2v) is 7.40. The SMILES string of the molecule is CCOC(=O)c1c(-c2ccccc2)oc2cc(N)c(O)c(CN3CCCCC3)c12. The van der Waals surface area contributed by atoms with Gasteiger partial charge in [0, 0.05) is 29.1 Å². The lowest BCUT2D eigenvalue weighted by Gasteiger charge is -2.27. The molecular weight excluding hydrogens is 368 g/mol. The van der Waals surface area contributed by atoms with Gasteiger partial charge < -0.3 is 20.0 Å². The van der Waals surface area contributed by atoms with E-state index in [-0.39, 0.29) is 18.0 Å². The number of piperidine rings is 1. The van der Waals surface area contributed by atoms with Gasteiger partial charge in [0.1, 0.15) is 22.7 Å². The molecule has 0 atom stereocenters. The molecule has 0 saturated carbocycles. The van der Waals surface area contributed by atoms with Gasteiger partial charge in [-0.15, -0.1) is 0 Å². The molecule has 6 heteroatoms. The van der Waals surface area contributed by atoms with Crippen molar-refractivity contribution in [2.75, 3.05) is 25.4 Å². The Hall–Kier alpha value is -2.99. The van der Waals surface area contributed by atoms with Crippen LogP contribution in [0.3, 0.4) is 0 Å². The summed E-state index contributed by atoms with van der Waals surface area (Å²) in [6.07, 6.45) is 3.46. The molecule has 0 bridgehead atoms. The third-order valence-electron chi connectivity index (χ3n) is 5.43. The molecule has 0 unspecified atom stereocenters. The quantitative estimate of drug-likeness (QED) is 0.375. The monoisotopic (exact) mass is 394 g/mol. The molecule has 3 N–H and O–H groups in total. The van der Waals surface area contributed by atoms with E-state index in [0.29, 0.717) is 34.4 Å². The zero-order valence-corrected chi connectivity index (χ0v) is 16.6. The van der Waals surface area contributed by atoms with Gasteiger partial charge >= 0.3 is 5.97 Å². The molecule has 4 rings (SSSR count). The number of esters is 1. The van der Waals surface area contributed by atoms with Crippen molar-refractivity contribution >= 4 is 22.6 Å². The summed E-state index contributed by atoms with van der Waals surface area (Å²) in [6.45, 7) is 4.43. The number of furan rings is 1. The van der Waals surface area contributed by atoms with Crippen LogP contribution in [0.25, 0.3) is 22.3 Å². The fourth-order valence-electron chi connectivity index (χ4n) is 4.04. The maximum absolute atomic E-state index is 12.9.